The molecule has 0 spiro atoms. The molecule has 4 rings (SSSR count). The van der Waals surface area contributed by atoms with E-state index in [0.29, 0.717) is 0 Å². The molecule has 0 atom stereocenters. The van der Waals surface area contributed by atoms with Gasteiger partial charge in [0.25, 0.3) is 0 Å². The second-order valence-electron chi connectivity index (χ2n) is 7.39. The van der Waals surface area contributed by atoms with E-state index >= 15 is 0 Å². The minimum Gasteiger partial charge on any atom is -0.327 e. The van der Waals surface area contributed by atoms with Gasteiger partial charge in [-0.1, -0.05) is 106 Å². The molecule has 4 heteroatoms. The smallest absolute Gasteiger partial charge is 0.117 e. The van der Waals surface area contributed by atoms with Gasteiger partial charge >= 0.3 is 0 Å². The Morgan fingerprint density at radius 1 is 0.889 bits per heavy atom. The molecule has 0 aliphatic heterocycles. The fourth-order valence-electron chi connectivity index (χ4n) is 3.81. The Morgan fingerprint density at radius 3 is 2.19 bits per heavy atom. The highest BCUT2D eigenvalue weighted by Crippen LogP contribution is 2.29. The summed E-state index contributed by atoms with van der Waals surface area (Å²) in [5, 5.41) is 4.83. The van der Waals surface area contributed by atoms with Crippen molar-refractivity contribution in [1.82, 2.24) is 4.57 Å². The third-order valence-electron chi connectivity index (χ3n) is 5.27. The van der Waals surface area contributed by atoms with E-state index in [1.807, 2.05) is 6.07 Å². The van der Waals surface area contributed by atoms with Crippen LogP contribution in [0.25, 0.3) is 10.9 Å². The van der Waals surface area contributed by atoms with Crippen molar-refractivity contribution in [2.75, 3.05) is 0 Å². The molecule has 1 aromatic heterocycles. The normalized spacial score (nSPS) is 11.9. The van der Waals surface area contributed by atoms with E-state index in [2.05, 4.69) is 106 Å². The Hall–Kier alpha value is -1.81. The molecular weight excluding hydrogens is 434 g/mol. The summed E-state index contributed by atoms with van der Waals surface area (Å²) < 4.78 is 3.34. The van der Waals surface area contributed by atoms with Crippen molar-refractivity contribution < 1.29 is 0 Å². The van der Waals surface area contributed by atoms with Gasteiger partial charge in [-0.15, -0.1) is 0 Å². The topological polar surface area (TPSA) is 4.93 Å². The zero-order chi connectivity index (χ0) is 19.0. The average molecular weight is 455 g/mol. The highest BCUT2D eigenvalue weighted by Gasteiger charge is 2.33. The Balaban J connectivity index is 1.96. The molecule has 0 bridgehead atoms. The van der Waals surface area contributed by atoms with Gasteiger partial charge in [-0.2, -0.15) is 0 Å². The maximum absolute atomic E-state index is 7.07. The predicted molar refractivity (Wildman–Crippen MR) is 123 cm³/mol. The van der Waals surface area contributed by atoms with Crippen molar-refractivity contribution in [1.29, 1.82) is 0 Å². The molecule has 4 aromatic rings. The van der Waals surface area contributed by atoms with Gasteiger partial charge in [-0.3, -0.25) is 0 Å². The van der Waals surface area contributed by atoms with E-state index in [1.165, 1.54) is 26.8 Å². The van der Waals surface area contributed by atoms with Gasteiger partial charge in [0.1, 0.15) is 13.2 Å². The second-order valence-corrected chi connectivity index (χ2v) is 13.0. The molecule has 136 valence electrons. The van der Waals surface area contributed by atoms with E-state index < -0.39 is 8.07 Å². The third kappa shape index (κ3) is 3.40. The highest BCUT2D eigenvalue weighted by molar-refractivity contribution is 9.10. The Labute approximate surface area is 174 Å². The lowest BCUT2D eigenvalue weighted by Crippen LogP contribution is -2.53. The zero-order valence-electron chi connectivity index (χ0n) is 15.4. The molecule has 1 heterocycles. The highest BCUT2D eigenvalue weighted by atomic mass is 79.9. The van der Waals surface area contributed by atoms with E-state index in [4.69, 9.17) is 11.6 Å². The number of fused-ring (bicyclic) bond motifs is 1. The van der Waals surface area contributed by atoms with Crippen molar-refractivity contribution in [3.63, 3.8) is 0 Å². The molecule has 0 unspecified atom stereocenters. The van der Waals surface area contributed by atoms with E-state index in [-0.39, 0.29) is 0 Å². The van der Waals surface area contributed by atoms with Crippen LogP contribution in [0.3, 0.4) is 0 Å². The lowest BCUT2D eigenvalue weighted by atomic mass is 10.2. The summed E-state index contributed by atoms with van der Waals surface area (Å²) >= 11 is 10.7. The average Bonchev–Trinajstić information content (AvgIpc) is 2.95. The summed E-state index contributed by atoms with van der Waals surface area (Å²) in [5.41, 5.74) is 2.45. The van der Waals surface area contributed by atoms with Crippen LogP contribution < -0.4 is 10.4 Å². The van der Waals surface area contributed by atoms with Crippen LogP contribution in [0.15, 0.2) is 83.3 Å². The fraction of sp³-hybridized carbons (Fsp3) is 0.130. The van der Waals surface area contributed by atoms with Gasteiger partial charge in [-0.25, -0.2) is 0 Å². The summed E-state index contributed by atoms with van der Waals surface area (Å²) in [7, 11) is -1.96. The standard InChI is InChI=1S/C23H21BrClNSi/c1-27(2,19-11-7-4-8-12-19)22-20-15-18(24)13-14-21(20)26(23(22)25)16-17-9-5-3-6-10-17/h3-15H,16H2,1-2H3. The number of halogens is 2. The number of aromatic nitrogens is 1. The summed E-state index contributed by atoms with van der Waals surface area (Å²) in [5.74, 6) is 0. The quantitative estimate of drug-likeness (QED) is 0.337. The van der Waals surface area contributed by atoms with Crippen LogP contribution in [0, 0.1) is 0 Å². The summed E-state index contributed by atoms with van der Waals surface area (Å²) in [4.78, 5) is 0. The first kappa shape index (κ1) is 18.5. The van der Waals surface area contributed by atoms with Crippen LogP contribution in [0.2, 0.25) is 18.2 Å². The maximum Gasteiger partial charge on any atom is 0.117 e. The van der Waals surface area contributed by atoms with Crippen molar-refractivity contribution in [3.8, 4) is 0 Å². The van der Waals surface area contributed by atoms with Crippen LogP contribution in [0.5, 0.6) is 0 Å². The first-order valence-corrected chi connectivity index (χ1v) is 13.2. The van der Waals surface area contributed by atoms with Gasteiger partial charge in [0.2, 0.25) is 0 Å². The Kier molecular flexibility index (Phi) is 5.02. The van der Waals surface area contributed by atoms with Crippen molar-refractivity contribution in [2.45, 2.75) is 19.6 Å². The van der Waals surface area contributed by atoms with Crippen LogP contribution >= 0.6 is 27.5 Å². The largest absolute Gasteiger partial charge is 0.327 e. The molecule has 27 heavy (non-hydrogen) atoms. The number of rotatable bonds is 4. The molecular formula is C23H21BrClNSi. The minimum absolute atomic E-state index is 0.775. The molecule has 0 radical (unpaired) electrons. The SMILES string of the molecule is C[Si](C)(c1ccccc1)c1c(Cl)n(Cc2ccccc2)c2ccc(Br)cc12. The molecule has 0 N–H and O–H groups in total. The summed E-state index contributed by atoms with van der Waals surface area (Å²) in [6.45, 7) is 5.55. The van der Waals surface area contributed by atoms with Gasteiger partial charge in [0, 0.05) is 21.9 Å². The van der Waals surface area contributed by atoms with Crippen molar-refractivity contribution in [2.24, 2.45) is 0 Å². The molecule has 0 aliphatic carbocycles. The van der Waals surface area contributed by atoms with Crippen molar-refractivity contribution >= 4 is 56.9 Å². The lowest BCUT2D eigenvalue weighted by Gasteiger charge is -2.23. The van der Waals surface area contributed by atoms with Crippen LogP contribution in [-0.4, -0.2) is 12.6 Å². The fourth-order valence-corrected chi connectivity index (χ4v) is 7.97. The van der Waals surface area contributed by atoms with E-state index in [9.17, 15) is 0 Å². The van der Waals surface area contributed by atoms with Crippen molar-refractivity contribution in [3.05, 3.63) is 94.1 Å². The van der Waals surface area contributed by atoms with Gasteiger partial charge < -0.3 is 4.57 Å². The number of hydrogen-bond acceptors (Lipinski definition) is 0. The summed E-state index contributed by atoms with van der Waals surface area (Å²) in [6, 6.07) is 27.8. The minimum atomic E-state index is -1.96. The zero-order valence-corrected chi connectivity index (χ0v) is 18.8. The first-order chi connectivity index (χ1) is 13.0. The first-order valence-electron chi connectivity index (χ1n) is 9.05. The predicted octanol–water partition coefficient (Wildman–Crippen LogP) is 5.93. The number of nitrogens with zero attached hydrogens (tertiary/aromatic N) is 1. The Morgan fingerprint density at radius 2 is 1.52 bits per heavy atom. The number of hydrogen-bond donors (Lipinski definition) is 0. The van der Waals surface area contributed by atoms with Gasteiger partial charge in [0.05, 0.1) is 0 Å². The molecule has 3 aromatic carbocycles. The molecule has 0 saturated heterocycles. The lowest BCUT2D eigenvalue weighted by molar-refractivity contribution is 0.839. The van der Waals surface area contributed by atoms with Gasteiger partial charge in [0.15, 0.2) is 0 Å². The van der Waals surface area contributed by atoms with Crippen LogP contribution in [0.4, 0.5) is 0 Å². The molecule has 0 fully saturated rings. The van der Waals surface area contributed by atoms with E-state index in [1.54, 1.807) is 0 Å². The molecule has 0 saturated carbocycles. The second kappa shape index (κ2) is 7.31. The van der Waals surface area contributed by atoms with Gasteiger partial charge in [-0.05, 0) is 28.9 Å². The monoisotopic (exact) mass is 453 g/mol. The Bertz CT molecular complexity index is 1090. The summed E-state index contributed by atoms with van der Waals surface area (Å²) in [6.07, 6.45) is 0. The maximum atomic E-state index is 7.07. The third-order valence-corrected chi connectivity index (χ3v) is 9.84. The molecule has 1 nitrogen and oxygen atoms in total. The molecule has 0 aliphatic rings. The van der Waals surface area contributed by atoms with Crippen LogP contribution in [-0.2, 0) is 6.54 Å². The van der Waals surface area contributed by atoms with Crippen LogP contribution in [0.1, 0.15) is 5.56 Å². The van der Waals surface area contributed by atoms with E-state index in [0.717, 1.165) is 16.2 Å². The number of benzene rings is 3. The molecule has 0 amide bonds.